The first-order chi connectivity index (χ1) is 10.4. The molecule has 122 valence electrons. The molecule has 1 unspecified atom stereocenters. The van der Waals surface area contributed by atoms with Crippen molar-refractivity contribution in [1.82, 2.24) is 4.90 Å². The van der Waals surface area contributed by atoms with Gasteiger partial charge in [-0.3, -0.25) is 9.59 Å². The maximum atomic E-state index is 12.0. The van der Waals surface area contributed by atoms with E-state index in [0.717, 1.165) is 5.56 Å². The smallest absolute Gasteiger partial charge is 0.308 e. The minimum Gasteiger partial charge on any atom is -0.493 e. The lowest BCUT2D eigenvalue weighted by molar-refractivity contribution is -0.142. The zero-order chi connectivity index (χ0) is 16.7. The molecule has 1 aromatic carbocycles. The zero-order valence-corrected chi connectivity index (χ0v) is 13.5. The van der Waals surface area contributed by atoms with Crippen molar-refractivity contribution in [2.75, 3.05) is 27.8 Å². The molecule has 0 aliphatic carbocycles. The van der Waals surface area contributed by atoms with E-state index >= 15 is 0 Å². The van der Waals surface area contributed by atoms with Gasteiger partial charge in [0.15, 0.2) is 11.5 Å². The number of amides is 1. The van der Waals surface area contributed by atoms with Gasteiger partial charge in [-0.15, -0.1) is 0 Å². The Morgan fingerprint density at radius 1 is 1.23 bits per heavy atom. The SMILES string of the molecule is COc1ccc(CCC(=O)N(C)CC(C)C(=O)O)cc1OC. The lowest BCUT2D eigenvalue weighted by Gasteiger charge is -2.19. The van der Waals surface area contributed by atoms with Gasteiger partial charge in [-0.2, -0.15) is 0 Å². The molecule has 1 aromatic rings. The Balaban J connectivity index is 2.58. The quantitative estimate of drug-likeness (QED) is 0.792. The minimum absolute atomic E-state index is 0.0807. The molecule has 22 heavy (non-hydrogen) atoms. The van der Waals surface area contributed by atoms with Crippen molar-refractivity contribution >= 4 is 11.9 Å². The molecule has 0 fully saturated rings. The normalized spacial score (nSPS) is 11.6. The number of benzene rings is 1. The number of aryl methyl sites for hydroxylation is 1. The first-order valence-electron chi connectivity index (χ1n) is 7.06. The van der Waals surface area contributed by atoms with Gasteiger partial charge in [0.25, 0.3) is 0 Å². The lowest BCUT2D eigenvalue weighted by atomic mass is 10.1. The second-order valence-electron chi connectivity index (χ2n) is 5.20. The van der Waals surface area contributed by atoms with Crippen LogP contribution in [0.4, 0.5) is 0 Å². The fourth-order valence-corrected chi connectivity index (χ4v) is 2.07. The summed E-state index contributed by atoms with van der Waals surface area (Å²) in [4.78, 5) is 24.3. The van der Waals surface area contributed by atoms with Crippen LogP contribution in [-0.4, -0.2) is 49.7 Å². The van der Waals surface area contributed by atoms with Crippen LogP contribution in [0.15, 0.2) is 18.2 Å². The van der Waals surface area contributed by atoms with Gasteiger partial charge in [0.1, 0.15) is 0 Å². The van der Waals surface area contributed by atoms with E-state index in [2.05, 4.69) is 0 Å². The summed E-state index contributed by atoms with van der Waals surface area (Å²) >= 11 is 0. The molecule has 0 saturated heterocycles. The van der Waals surface area contributed by atoms with Crippen LogP contribution in [0, 0.1) is 5.92 Å². The highest BCUT2D eigenvalue weighted by atomic mass is 16.5. The van der Waals surface area contributed by atoms with Crippen LogP contribution in [0.1, 0.15) is 18.9 Å². The molecule has 0 aliphatic rings. The molecule has 6 nitrogen and oxygen atoms in total. The number of methoxy groups -OCH3 is 2. The van der Waals surface area contributed by atoms with Crippen LogP contribution in [-0.2, 0) is 16.0 Å². The van der Waals surface area contributed by atoms with E-state index in [9.17, 15) is 9.59 Å². The number of ether oxygens (including phenoxy) is 2. The molecule has 0 radical (unpaired) electrons. The summed E-state index contributed by atoms with van der Waals surface area (Å²) in [5, 5.41) is 8.86. The molecule has 0 spiro atoms. The van der Waals surface area contributed by atoms with Gasteiger partial charge < -0.3 is 19.5 Å². The molecule has 1 amide bonds. The van der Waals surface area contributed by atoms with Crippen molar-refractivity contribution in [3.8, 4) is 11.5 Å². The molecular weight excluding hydrogens is 286 g/mol. The second-order valence-corrected chi connectivity index (χ2v) is 5.20. The van der Waals surface area contributed by atoms with E-state index in [1.54, 1.807) is 34.3 Å². The topological polar surface area (TPSA) is 76.1 Å². The Hall–Kier alpha value is -2.24. The summed E-state index contributed by atoms with van der Waals surface area (Å²) < 4.78 is 10.4. The number of carboxylic acids is 1. The monoisotopic (exact) mass is 309 g/mol. The van der Waals surface area contributed by atoms with E-state index in [1.807, 2.05) is 12.1 Å². The van der Waals surface area contributed by atoms with Crippen LogP contribution in [0.2, 0.25) is 0 Å². The highest BCUT2D eigenvalue weighted by Crippen LogP contribution is 2.28. The molecule has 6 heteroatoms. The maximum Gasteiger partial charge on any atom is 0.308 e. The Morgan fingerprint density at radius 2 is 1.86 bits per heavy atom. The summed E-state index contributed by atoms with van der Waals surface area (Å²) in [6, 6.07) is 5.52. The average molecular weight is 309 g/mol. The van der Waals surface area contributed by atoms with Crippen LogP contribution < -0.4 is 9.47 Å². The Kier molecular flexibility index (Phi) is 6.69. The predicted octanol–water partition coefficient (Wildman–Crippen LogP) is 1.82. The van der Waals surface area contributed by atoms with E-state index in [-0.39, 0.29) is 12.5 Å². The number of nitrogens with zero attached hydrogens (tertiary/aromatic N) is 1. The van der Waals surface area contributed by atoms with E-state index in [1.165, 1.54) is 4.90 Å². The number of hydrogen-bond acceptors (Lipinski definition) is 4. The molecule has 1 rings (SSSR count). The first-order valence-corrected chi connectivity index (χ1v) is 7.06. The number of carboxylic acid groups (broad SMARTS) is 1. The van der Waals surface area contributed by atoms with E-state index in [0.29, 0.717) is 24.3 Å². The van der Waals surface area contributed by atoms with E-state index < -0.39 is 11.9 Å². The van der Waals surface area contributed by atoms with Crippen molar-refractivity contribution in [3.05, 3.63) is 23.8 Å². The van der Waals surface area contributed by atoms with Crippen LogP contribution in [0.5, 0.6) is 11.5 Å². The van der Waals surface area contributed by atoms with Crippen molar-refractivity contribution in [3.63, 3.8) is 0 Å². The van der Waals surface area contributed by atoms with Gasteiger partial charge in [-0.1, -0.05) is 13.0 Å². The largest absolute Gasteiger partial charge is 0.493 e. The van der Waals surface area contributed by atoms with Crippen molar-refractivity contribution in [2.45, 2.75) is 19.8 Å². The average Bonchev–Trinajstić information content (AvgIpc) is 2.51. The van der Waals surface area contributed by atoms with Gasteiger partial charge in [0, 0.05) is 20.0 Å². The Bertz CT molecular complexity index is 529. The molecule has 0 heterocycles. The summed E-state index contributed by atoms with van der Waals surface area (Å²) in [5.74, 6) is -0.289. The lowest BCUT2D eigenvalue weighted by Crippen LogP contribution is -2.33. The highest BCUT2D eigenvalue weighted by molar-refractivity contribution is 5.77. The summed E-state index contributed by atoms with van der Waals surface area (Å²) in [6.45, 7) is 1.79. The summed E-state index contributed by atoms with van der Waals surface area (Å²) in [7, 11) is 4.75. The molecule has 0 bridgehead atoms. The number of carbonyl (C=O) groups excluding carboxylic acids is 1. The third kappa shape index (κ3) is 4.95. The van der Waals surface area contributed by atoms with Gasteiger partial charge >= 0.3 is 5.97 Å². The van der Waals surface area contributed by atoms with Crippen molar-refractivity contribution in [2.24, 2.45) is 5.92 Å². The first kappa shape index (κ1) is 17.8. The van der Waals surface area contributed by atoms with Crippen LogP contribution in [0.3, 0.4) is 0 Å². The number of hydrogen-bond donors (Lipinski definition) is 1. The van der Waals surface area contributed by atoms with Gasteiger partial charge in [-0.05, 0) is 24.1 Å². The molecule has 0 aromatic heterocycles. The molecule has 0 saturated carbocycles. The molecule has 0 aliphatic heterocycles. The summed E-state index contributed by atoms with van der Waals surface area (Å²) in [6.07, 6.45) is 0.878. The molecule has 1 N–H and O–H groups in total. The fraction of sp³-hybridized carbons (Fsp3) is 0.500. The number of carbonyl (C=O) groups is 2. The third-order valence-electron chi connectivity index (χ3n) is 3.47. The van der Waals surface area contributed by atoms with E-state index in [4.69, 9.17) is 14.6 Å². The second kappa shape index (κ2) is 8.26. The predicted molar refractivity (Wildman–Crippen MR) is 82.3 cm³/mol. The molecule has 1 atom stereocenters. The maximum absolute atomic E-state index is 12.0. The number of rotatable bonds is 8. The Morgan fingerprint density at radius 3 is 2.41 bits per heavy atom. The van der Waals surface area contributed by atoms with Gasteiger partial charge in [0.2, 0.25) is 5.91 Å². The Labute approximate surface area is 130 Å². The minimum atomic E-state index is -0.903. The van der Waals surface area contributed by atoms with Crippen LogP contribution in [0.25, 0.3) is 0 Å². The summed E-state index contributed by atoms with van der Waals surface area (Å²) in [5.41, 5.74) is 0.964. The highest BCUT2D eigenvalue weighted by Gasteiger charge is 2.17. The van der Waals surface area contributed by atoms with Gasteiger partial charge in [-0.25, -0.2) is 0 Å². The van der Waals surface area contributed by atoms with Crippen LogP contribution >= 0.6 is 0 Å². The zero-order valence-electron chi connectivity index (χ0n) is 13.5. The fourth-order valence-electron chi connectivity index (χ4n) is 2.07. The third-order valence-corrected chi connectivity index (χ3v) is 3.47. The van der Waals surface area contributed by atoms with Crippen molar-refractivity contribution in [1.29, 1.82) is 0 Å². The molecular formula is C16H23NO5. The van der Waals surface area contributed by atoms with Gasteiger partial charge in [0.05, 0.1) is 20.1 Å². The number of aliphatic carboxylic acids is 1. The van der Waals surface area contributed by atoms with Crippen molar-refractivity contribution < 1.29 is 24.2 Å². The standard InChI is InChI=1S/C16H23NO5/c1-11(16(19)20)10-17(2)15(18)8-6-12-5-7-13(21-3)14(9-12)22-4/h5,7,9,11H,6,8,10H2,1-4H3,(H,19,20).